The van der Waals surface area contributed by atoms with Crippen molar-refractivity contribution in [2.24, 2.45) is 0 Å². The molecule has 0 spiro atoms. The number of ketones is 1. The minimum absolute atomic E-state index is 0.0210. The maximum absolute atomic E-state index is 12.0. The molecule has 8 heteroatoms. The van der Waals surface area contributed by atoms with Crippen LogP contribution in [0.1, 0.15) is 29.3 Å². The highest BCUT2D eigenvalue weighted by Gasteiger charge is 2.33. The van der Waals surface area contributed by atoms with Crippen LogP contribution >= 0.6 is 0 Å². The Bertz CT molecular complexity index is 972. The van der Waals surface area contributed by atoms with Crippen LogP contribution in [0.2, 0.25) is 0 Å². The number of aliphatic hydroxyl groups excluding tert-OH is 1. The molecule has 0 radical (unpaired) electrons. The third-order valence-corrected chi connectivity index (χ3v) is 7.17. The van der Waals surface area contributed by atoms with Crippen molar-refractivity contribution in [1.82, 2.24) is 4.90 Å². The lowest BCUT2D eigenvalue weighted by Gasteiger charge is -2.30. The molecule has 168 valence electrons. The molecule has 1 heterocycles. The predicted molar refractivity (Wildman–Crippen MR) is 118 cm³/mol. The van der Waals surface area contributed by atoms with Crippen molar-refractivity contribution < 1.29 is 27.8 Å². The largest absolute Gasteiger partial charge is 0.497 e. The van der Waals surface area contributed by atoms with E-state index in [1.165, 1.54) is 6.92 Å². The Kier molecular flexibility index (Phi) is 7.69. The van der Waals surface area contributed by atoms with Crippen molar-refractivity contribution >= 4 is 15.6 Å². The number of benzene rings is 2. The first-order chi connectivity index (χ1) is 14.8. The van der Waals surface area contributed by atoms with Gasteiger partial charge in [-0.15, -0.1) is 0 Å². The van der Waals surface area contributed by atoms with E-state index in [4.69, 9.17) is 9.47 Å². The lowest BCUT2D eigenvalue weighted by Crippen LogP contribution is -2.42. The molecule has 2 unspecified atom stereocenters. The topological polar surface area (TPSA) is 93.1 Å². The van der Waals surface area contributed by atoms with Gasteiger partial charge in [-0.1, -0.05) is 12.1 Å². The lowest BCUT2D eigenvalue weighted by atomic mass is 10.1. The molecule has 2 aromatic rings. The molecule has 1 saturated heterocycles. The van der Waals surface area contributed by atoms with E-state index in [0.717, 1.165) is 11.3 Å². The molecular formula is C23H29NO6S. The summed E-state index contributed by atoms with van der Waals surface area (Å²) in [6.07, 6.45) is -0.243. The Morgan fingerprint density at radius 3 is 2.32 bits per heavy atom. The Balaban J connectivity index is 1.63. The summed E-state index contributed by atoms with van der Waals surface area (Å²) < 4.78 is 34.9. The summed E-state index contributed by atoms with van der Waals surface area (Å²) in [5.74, 6) is 1.57. The summed E-state index contributed by atoms with van der Waals surface area (Å²) in [6.45, 7) is 2.38. The highest BCUT2D eigenvalue weighted by Crippen LogP contribution is 2.22. The van der Waals surface area contributed by atoms with E-state index in [1.807, 2.05) is 29.2 Å². The number of sulfone groups is 1. The van der Waals surface area contributed by atoms with Gasteiger partial charge in [-0.2, -0.15) is 0 Å². The molecule has 2 atom stereocenters. The van der Waals surface area contributed by atoms with Gasteiger partial charge in [0.1, 0.15) is 24.2 Å². The van der Waals surface area contributed by atoms with Gasteiger partial charge < -0.3 is 14.6 Å². The molecule has 1 N–H and O–H groups in total. The summed E-state index contributed by atoms with van der Waals surface area (Å²) in [7, 11) is -1.44. The molecule has 0 aromatic heterocycles. The number of aliphatic hydroxyl groups is 1. The zero-order valence-corrected chi connectivity index (χ0v) is 18.7. The smallest absolute Gasteiger partial charge is 0.159 e. The van der Waals surface area contributed by atoms with Gasteiger partial charge in [0.05, 0.1) is 18.6 Å². The van der Waals surface area contributed by atoms with Crippen molar-refractivity contribution in [1.29, 1.82) is 0 Å². The quantitative estimate of drug-likeness (QED) is 0.559. The normalized spacial score (nSPS) is 18.6. The summed E-state index contributed by atoms with van der Waals surface area (Å²) in [5, 5.41) is 10.6. The third-order valence-electron chi connectivity index (χ3n) is 5.42. The maximum atomic E-state index is 12.0. The maximum Gasteiger partial charge on any atom is 0.159 e. The average Bonchev–Trinajstić information content (AvgIpc) is 3.12. The third kappa shape index (κ3) is 6.78. The zero-order valence-electron chi connectivity index (χ0n) is 17.9. The minimum Gasteiger partial charge on any atom is -0.497 e. The Labute approximate surface area is 183 Å². The molecule has 1 aliphatic heterocycles. The van der Waals surface area contributed by atoms with Gasteiger partial charge in [0, 0.05) is 24.7 Å². The predicted octanol–water partition coefficient (Wildman–Crippen LogP) is 2.33. The number of hydrogen-bond acceptors (Lipinski definition) is 7. The van der Waals surface area contributed by atoms with Gasteiger partial charge in [0.15, 0.2) is 15.6 Å². The Morgan fingerprint density at radius 1 is 1.13 bits per heavy atom. The molecular weight excluding hydrogens is 418 g/mol. The first-order valence-corrected chi connectivity index (χ1v) is 12.1. The molecule has 0 amide bonds. The van der Waals surface area contributed by atoms with E-state index in [9.17, 15) is 18.3 Å². The molecule has 2 aromatic carbocycles. The highest BCUT2D eigenvalue weighted by atomic mass is 32.2. The SMILES string of the molecule is COc1ccc(CN(CC(O)COc2ccc(C(C)=O)cc2)C2CCS(=O)(=O)C2)cc1. The second-order valence-electron chi connectivity index (χ2n) is 7.88. The molecule has 0 saturated carbocycles. The molecule has 0 aliphatic carbocycles. The number of Topliss-reactive ketones (excluding diaryl/α,β-unsaturated/α-hetero) is 1. The lowest BCUT2D eigenvalue weighted by molar-refractivity contribution is 0.0524. The highest BCUT2D eigenvalue weighted by molar-refractivity contribution is 7.91. The van der Waals surface area contributed by atoms with Crippen LogP contribution in [-0.4, -0.2) is 68.1 Å². The van der Waals surface area contributed by atoms with Crippen LogP contribution in [-0.2, 0) is 16.4 Å². The van der Waals surface area contributed by atoms with Crippen LogP contribution in [0.4, 0.5) is 0 Å². The van der Waals surface area contributed by atoms with E-state index >= 15 is 0 Å². The fourth-order valence-electron chi connectivity index (χ4n) is 3.67. The van der Waals surface area contributed by atoms with Gasteiger partial charge in [-0.05, 0) is 55.3 Å². The molecule has 3 rings (SSSR count). The van der Waals surface area contributed by atoms with E-state index in [0.29, 0.717) is 24.3 Å². The summed E-state index contributed by atoms with van der Waals surface area (Å²) in [6, 6.07) is 14.2. The van der Waals surface area contributed by atoms with Crippen LogP contribution in [0.3, 0.4) is 0 Å². The first kappa shape index (κ1) is 23.2. The zero-order chi connectivity index (χ0) is 22.4. The van der Waals surface area contributed by atoms with Crippen LogP contribution in [0.15, 0.2) is 48.5 Å². The van der Waals surface area contributed by atoms with Gasteiger partial charge in [0.2, 0.25) is 0 Å². The molecule has 1 fully saturated rings. The molecule has 1 aliphatic rings. The monoisotopic (exact) mass is 447 g/mol. The van der Waals surface area contributed by atoms with Crippen molar-refractivity contribution in [2.75, 3.05) is 31.8 Å². The standard InChI is InChI=1S/C23H29NO6S/c1-17(25)19-5-9-23(10-6-19)30-15-21(26)14-24(20-11-12-31(27,28)16-20)13-18-3-7-22(29-2)8-4-18/h3-10,20-21,26H,11-16H2,1-2H3. The van der Waals surface area contributed by atoms with Crippen molar-refractivity contribution in [3.63, 3.8) is 0 Å². The summed E-state index contributed by atoms with van der Waals surface area (Å²) >= 11 is 0. The minimum atomic E-state index is -3.05. The van der Waals surface area contributed by atoms with Crippen molar-refractivity contribution in [3.05, 3.63) is 59.7 Å². The first-order valence-electron chi connectivity index (χ1n) is 10.2. The van der Waals surface area contributed by atoms with Gasteiger partial charge in [-0.25, -0.2) is 8.42 Å². The average molecular weight is 448 g/mol. The number of carbonyl (C=O) groups is 1. The van der Waals surface area contributed by atoms with E-state index < -0.39 is 15.9 Å². The van der Waals surface area contributed by atoms with Crippen molar-refractivity contribution in [3.8, 4) is 11.5 Å². The number of carbonyl (C=O) groups excluding carboxylic acids is 1. The van der Waals surface area contributed by atoms with Crippen LogP contribution in [0.25, 0.3) is 0 Å². The summed E-state index contributed by atoms with van der Waals surface area (Å²) in [5.41, 5.74) is 1.61. The second kappa shape index (κ2) is 10.3. The van der Waals surface area contributed by atoms with Crippen LogP contribution < -0.4 is 9.47 Å². The Morgan fingerprint density at radius 2 is 1.77 bits per heavy atom. The van der Waals surface area contributed by atoms with Crippen LogP contribution in [0, 0.1) is 0 Å². The number of nitrogens with zero attached hydrogens (tertiary/aromatic N) is 1. The molecule has 7 nitrogen and oxygen atoms in total. The number of methoxy groups -OCH3 is 1. The number of ether oxygens (including phenoxy) is 2. The van der Waals surface area contributed by atoms with Gasteiger partial charge >= 0.3 is 0 Å². The number of hydrogen-bond donors (Lipinski definition) is 1. The van der Waals surface area contributed by atoms with Gasteiger partial charge in [0.25, 0.3) is 0 Å². The molecule has 31 heavy (non-hydrogen) atoms. The van der Waals surface area contributed by atoms with Crippen molar-refractivity contribution in [2.45, 2.75) is 32.0 Å². The van der Waals surface area contributed by atoms with E-state index in [-0.39, 0.29) is 36.5 Å². The fourth-order valence-corrected chi connectivity index (χ4v) is 5.43. The second-order valence-corrected chi connectivity index (χ2v) is 10.1. The van der Waals surface area contributed by atoms with E-state index in [1.54, 1.807) is 31.4 Å². The van der Waals surface area contributed by atoms with Crippen LogP contribution in [0.5, 0.6) is 11.5 Å². The molecule has 0 bridgehead atoms. The van der Waals surface area contributed by atoms with Gasteiger partial charge in [-0.3, -0.25) is 9.69 Å². The van der Waals surface area contributed by atoms with E-state index in [2.05, 4.69) is 0 Å². The number of rotatable bonds is 10. The Hall–Kier alpha value is -2.42. The summed E-state index contributed by atoms with van der Waals surface area (Å²) in [4.78, 5) is 13.4. The fraction of sp³-hybridized carbons (Fsp3) is 0.435.